The maximum absolute atomic E-state index is 10.8. The summed E-state index contributed by atoms with van der Waals surface area (Å²) in [5, 5.41) is 8.86. The van der Waals surface area contributed by atoms with Gasteiger partial charge in [0.2, 0.25) is 0 Å². The number of rotatable bonds is 2. The minimum absolute atomic E-state index is 0.316. The Morgan fingerprint density at radius 2 is 2.07 bits per heavy atom. The summed E-state index contributed by atoms with van der Waals surface area (Å²) in [5.41, 5.74) is 1.91. The number of carboxylic acid groups (broad SMARTS) is 1. The van der Waals surface area contributed by atoms with Gasteiger partial charge >= 0.3 is 5.97 Å². The quantitative estimate of drug-likeness (QED) is 0.804. The molecule has 0 unspecified atom stereocenters. The standard InChI is InChI=1S/C11H12O4/c1-7-6-8(11-14-4-5-15-11)2-3-9(7)10(12)13/h2-3,6,11H,4-5H2,1H3,(H,12,13). The summed E-state index contributed by atoms with van der Waals surface area (Å²) < 4.78 is 10.6. The second-order valence-corrected chi connectivity index (χ2v) is 3.45. The van der Waals surface area contributed by atoms with Crippen molar-refractivity contribution in [2.45, 2.75) is 13.2 Å². The molecule has 0 aromatic heterocycles. The highest BCUT2D eigenvalue weighted by Crippen LogP contribution is 2.24. The first-order valence-electron chi connectivity index (χ1n) is 4.75. The zero-order valence-corrected chi connectivity index (χ0v) is 8.40. The number of ether oxygens (including phenoxy) is 2. The van der Waals surface area contributed by atoms with Gasteiger partial charge in [0.05, 0.1) is 18.8 Å². The third-order valence-electron chi connectivity index (χ3n) is 2.37. The maximum Gasteiger partial charge on any atom is 0.335 e. The molecule has 80 valence electrons. The summed E-state index contributed by atoms with van der Waals surface area (Å²) in [5.74, 6) is -0.910. The predicted molar refractivity (Wildman–Crippen MR) is 52.8 cm³/mol. The number of hydrogen-bond acceptors (Lipinski definition) is 3. The van der Waals surface area contributed by atoms with Crippen LogP contribution in [0.25, 0.3) is 0 Å². The molecule has 1 aromatic carbocycles. The number of carboxylic acids is 1. The van der Waals surface area contributed by atoms with E-state index in [2.05, 4.69) is 0 Å². The van der Waals surface area contributed by atoms with E-state index >= 15 is 0 Å². The first kappa shape index (κ1) is 10.1. The number of carbonyl (C=O) groups is 1. The van der Waals surface area contributed by atoms with Crippen molar-refractivity contribution in [3.63, 3.8) is 0 Å². The van der Waals surface area contributed by atoms with Gasteiger partial charge in [-0.2, -0.15) is 0 Å². The van der Waals surface area contributed by atoms with Crippen LogP contribution in [0.1, 0.15) is 27.8 Å². The summed E-state index contributed by atoms with van der Waals surface area (Å²) in [7, 11) is 0. The van der Waals surface area contributed by atoms with E-state index < -0.39 is 5.97 Å². The van der Waals surface area contributed by atoms with Gasteiger partial charge in [-0.3, -0.25) is 0 Å². The lowest BCUT2D eigenvalue weighted by atomic mass is 10.1. The Morgan fingerprint density at radius 1 is 1.40 bits per heavy atom. The Bertz CT molecular complexity index is 380. The van der Waals surface area contributed by atoms with E-state index in [1.54, 1.807) is 25.1 Å². The van der Waals surface area contributed by atoms with Crippen molar-refractivity contribution in [3.05, 3.63) is 34.9 Å². The van der Waals surface area contributed by atoms with Crippen LogP contribution in [0, 0.1) is 6.92 Å². The molecule has 1 aromatic rings. The highest BCUT2D eigenvalue weighted by Gasteiger charge is 2.19. The van der Waals surface area contributed by atoms with Gasteiger partial charge < -0.3 is 14.6 Å². The summed E-state index contributed by atoms with van der Waals surface area (Å²) in [6.07, 6.45) is -0.341. The van der Waals surface area contributed by atoms with E-state index in [1.165, 1.54) is 0 Å². The second kappa shape index (κ2) is 4.00. The maximum atomic E-state index is 10.8. The number of hydrogen-bond donors (Lipinski definition) is 1. The minimum atomic E-state index is -0.910. The fraction of sp³-hybridized carbons (Fsp3) is 0.364. The Hall–Kier alpha value is -1.39. The van der Waals surface area contributed by atoms with Gasteiger partial charge in [-0.05, 0) is 18.6 Å². The molecule has 4 heteroatoms. The monoisotopic (exact) mass is 208 g/mol. The first-order chi connectivity index (χ1) is 7.18. The lowest BCUT2D eigenvalue weighted by Gasteiger charge is -2.10. The van der Waals surface area contributed by atoms with Crippen molar-refractivity contribution >= 4 is 5.97 Å². The summed E-state index contributed by atoms with van der Waals surface area (Å²) in [6.45, 7) is 2.94. The first-order valence-corrected chi connectivity index (χ1v) is 4.75. The van der Waals surface area contributed by atoms with Crippen LogP contribution in [0.4, 0.5) is 0 Å². The van der Waals surface area contributed by atoms with Crippen molar-refractivity contribution in [2.75, 3.05) is 13.2 Å². The molecule has 0 saturated carbocycles. The van der Waals surface area contributed by atoms with E-state index in [0.717, 1.165) is 11.1 Å². The topological polar surface area (TPSA) is 55.8 Å². The normalized spacial score (nSPS) is 16.9. The van der Waals surface area contributed by atoms with Crippen molar-refractivity contribution in [3.8, 4) is 0 Å². The molecule has 1 saturated heterocycles. The zero-order valence-electron chi connectivity index (χ0n) is 8.40. The molecule has 1 N–H and O–H groups in total. The molecule has 15 heavy (non-hydrogen) atoms. The van der Waals surface area contributed by atoms with Crippen LogP contribution in [-0.4, -0.2) is 24.3 Å². The molecule has 0 bridgehead atoms. The molecule has 0 radical (unpaired) electrons. The fourth-order valence-electron chi connectivity index (χ4n) is 1.62. The molecule has 1 aliphatic heterocycles. The average Bonchev–Trinajstić information content (AvgIpc) is 2.69. The van der Waals surface area contributed by atoms with Gasteiger partial charge in [-0.15, -0.1) is 0 Å². The fourth-order valence-corrected chi connectivity index (χ4v) is 1.62. The van der Waals surface area contributed by atoms with Gasteiger partial charge in [0.25, 0.3) is 0 Å². The third kappa shape index (κ3) is 2.00. The highest BCUT2D eigenvalue weighted by atomic mass is 16.7. The van der Waals surface area contributed by atoms with E-state index in [4.69, 9.17) is 14.6 Å². The molecule has 1 heterocycles. The predicted octanol–water partition coefficient (Wildman–Crippen LogP) is 1.74. The Kier molecular flexibility index (Phi) is 2.70. The second-order valence-electron chi connectivity index (χ2n) is 3.45. The van der Waals surface area contributed by atoms with Crippen LogP contribution >= 0.6 is 0 Å². The molecular weight excluding hydrogens is 196 g/mol. The molecule has 1 aliphatic rings. The minimum Gasteiger partial charge on any atom is -0.478 e. The average molecular weight is 208 g/mol. The molecule has 0 amide bonds. The Balaban J connectivity index is 2.28. The third-order valence-corrected chi connectivity index (χ3v) is 2.37. The van der Waals surface area contributed by atoms with Gasteiger partial charge in [0.15, 0.2) is 6.29 Å². The van der Waals surface area contributed by atoms with Crippen LogP contribution in [-0.2, 0) is 9.47 Å². The molecule has 0 aliphatic carbocycles. The Labute approximate surface area is 87.4 Å². The van der Waals surface area contributed by atoms with Crippen molar-refractivity contribution in [1.82, 2.24) is 0 Å². The van der Waals surface area contributed by atoms with Crippen LogP contribution in [0.15, 0.2) is 18.2 Å². The molecule has 0 spiro atoms. The molecular formula is C11H12O4. The van der Waals surface area contributed by atoms with Crippen LogP contribution in [0.3, 0.4) is 0 Å². The summed E-state index contributed by atoms with van der Waals surface area (Å²) in [6, 6.07) is 5.10. The van der Waals surface area contributed by atoms with Gasteiger partial charge in [0.1, 0.15) is 0 Å². The van der Waals surface area contributed by atoms with Crippen molar-refractivity contribution < 1.29 is 19.4 Å². The molecule has 1 fully saturated rings. The summed E-state index contributed by atoms with van der Waals surface area (Å²) >= 11 is 0. The highest BCUT2D eigenvalue weighted by molar-refractivity contribution is 5.89. The van der Waals surface area contributed by atoms with Crippen LogP contribution in [0.2, 0.25) is 0 Å². The zero-order chi connectivity index (χ0) is 10.8. The lowest BCUT2D eigenvalue weighted by molar-refractivity contribution is -0.0441. The van der Waals surface area contributed by atoms with Crippen LogP contribution < -0.4 is 0 Å². The van der Waals surface area contributed by atoms with Crippen molar-refractivity contribution in [1.29, 1.82) is 0 Å². The van der Waals surface area contributed by atoms with E-state index in [9.17, 15) is 4.79 Å². The lowest BCUT2D eigenvalue weighted by Crippen LogP contribution is -2.03. The molecule has 4 nitrogen and oxygen atoms in total. The molecule has 0 atom stereocenters. The smallest absolute Gasteiger partial charge is 0.335 e. The van der Waals surface area contributed by atoms with Gasteiger partial charge in [0, 0.05) is 5.56 Å². The summed E-state index contributed by atoms with van der Waals surface area (Å²) in [4.78, 5) is 10.8. The van der Waals surface area contributed by atoms with Gasteiger partial charge in [-0.1, -0.05) is 12.1 Å². The SMILES string of the molecule is Cc1cc(C2OCCO2)ccc1C(=O)O. The van der Waals surface area contributed by atoms with Gasteiger partial charge in [-0.25, -0.2) is 4.79 Å². The van der Waals surface area contributed by atoms with Crippen LogP contribution in [0.5, 0.6) is 0 Å². The van der Waals surface area contributed by atoms with E-state index in [0.29, 0.717) is 18.8 Å². The number of aryl methyl sites for hydroxylation is 1. The number of aromatic carboxylic acids is 1. The van der Waals surface area contributed by atoms with Crippen molar-refractivity contribution in [2.24, 2.45) is 0 Å². The molecule has 2 rings (SSSR count). The Morgan fingerprint density at radius 3 is 2.60 bits per heavy atom. The number of benzene rings is 1. The largest absolute Gasteiger partial charge is 0.478 e. The van der Waals surface area contributed by atoms with E-state index in [1.807, 2.05) is 0 Å². The van der Waals surface area contributed by atoms with E-state index in [-0.39, 0.29) is 6.29 Å².